The Morgan fingerprint density at radius 2 is 1.88 bits per heavy atom. The van der Waals surface area contributed by atoms with Crippen molar-refractivity contribution in [1.29, 1.82) is 0 Å². The maximum absolute atomic E-state index is 13.7. The Balaban J connectivity index is 1.60. The second-order valence-electron chi connectivity index (χ2n) is 6.04. The summed E-state index contributed by atoms with van der Waals surface area (Å²) in [7, 11) is 0. The monoisotopic (exact) mass is 351 g/mol. The number of pyridine rings is 1. The summed E-state index contributed by atoms with van der Waals surface area (Å²) in [6.45, 7) is 1.72. The van der Waals surface area contributed by atoms with Gasteiger partial charge >= 0.3 is 11.8 Å². The number of anilines is 1. The normalized spacial score (nSPS) is 11.8. The third kappa shape index (κ3) is 4.22. The van der Waals surface area contributed by atoms with Crippen LogP contribution in [0.3, 0.4) is 0 Å². The first-order valence-electron chi connectivity index (χ1n) is 8.23. The summed E-state index contributed by atoms with van der Waals surface area (Å²) in [4.78, 5) is 28.4. The molecule has 5 nitrogen and oxygen atoms in total. The predicted octanol–water partition coefficient (Wildman–Crippen LogP) is 3.06. The molecule has 132 valence electrons. The number of benzene rings is 2. The fourth-order valence-electron chi connectivity index (χ4n) is 2.68. The number of amides is 2. The minimum atomic E-state index is -0.770. The molecular formula is C20H18FN3O2. The zero-order valence-corrected chi connectivity index (χ0v) is 14.2. The second-order valence-corrected chi connectivity index (χ2v) is 6.04. The van der Waals surface area contributed by atoms with Crippen molar-refractivity contribution in [1.82, 2.24) is 10.3 Å². The molecule has 1 heterocycles. The molecule has 0 spiro atoms. The van der Waals surface area contributed by atoms with Crippen LogP contribution in [0.2, 0.25) is 0 Å². The van der Waals surface area contributed by atoms with Gasteiger partial charge in [0.2, 0.25) is 0 Å². The first-order valence-corrected chi connectivity index (χ1v) is 8.23. The Kier molecular flexibility index (Phi) is 5.22. The summed E-state index contributed by atoms with van der Waals surface area (Å²) in [5, 5.41) is 6.00. The molecule has 3 aromatic rings. The van der Waals surface area contributed by atoms with Crippen LogP contribution in [0, 0.1) is 5.82 Å². The molecule has 0 saturated carbocycles. The summed E-state index contributed by atoms with van der Waals surface area (Å²) in [6, 6.07) is 14.8. The minimum Gasteiger partial charge on any atom is -0.345 e. The lowest BCUT2D eigenvalue weighted by atomic mass is 10.1. The van der Waals surface area contributed by atoms with Crippen LogP contribution in [0.1, 0.15) is 12.5 Å². The van der Waals surface area contributed by atoms with E-state index in [1.165, 1.54) is 6.07 Å². The summed E-state index contributed by atoms with van der Waals surface area (Å²) in [5.41, 5.74) is 1.80. The average molecular weight is 351 g/mol. The van der Waals surface area contributed by atoms with E-state index in [1.54, 1.807) is 55.6 Å². The molecule has 0 fully saturated rings. The zero-order chi connectivity index (χ0) is 18.5. The lowest BCUT2D eigenvalue weighted by Gasteiger charge is -2.14. The fraction of sp³-hybridized carbons (Fsp3) is 0.150. The SMILES string of the molecule is C[C@H](Cc1ccccc1F)NC(=O)C(=O)Nc1ccc2ncccc2c1. The number of rotatable bonds is 4. The van der Waals surface area contributed by atoms with Gasteiger partial charge < -0.3 is 10.6 Å². The summed E-state index contributed by atoms with van der Waals surface area (Å²) in [5.74, 6) is -1.86. The van der Waals surface area contributed by atoms with Crippen molar-refractivity contribution in [2.75, 3.05) is 5.32 Å². The van der Waals surface area contributed by atoms with E-state index in [2.05, 4.69) is 15.6 Å². The number of aromatic nitrogens is 1. The van der Waals surface area contributed by atoms with Crippen molar-refractivity contribution in [3.05, 3.63) is 72.2 Å². The maximum Gasteiger partial charge on any atom is 0.313 e. The van der Waals surface area contributed by atoms with Gasteiger partial charge in [-0.05, 0) is 49.2 Å². The van der Waals surface area contributed by atoms with Gasteiger partial charge in [-0.3, -0.25) is 14.6 Å². The number of nitrogens with one attached hydrogen (secondary N) is 2. The molecule has 1 aromatic heterocycles. The van der Waals surface area contributed by atoms with Crippen LogP contribution in [0.25, 0.3) is 10.9 Å². The molecule has 2 N–H and O–H groups in total. The highest BCUT2D eigenvalue weighted by Crippen LogP contribution is 2.17. The maximum atomic E-state index is 13.7. The number of carbonyl (C=O) groups excluding carboxylic acids is 2. The number of hydrogen-bond donors (Lipinski definition) is 2. The number of halogens is 1. The van der Waals surface area contributed by atoms with Crippen LogP contribution in [-0.4, -0.2) is 22.8 Å². The van der Waals surface area contributed by atoms with E-state index >= 15 is 0 Å². The Hall–Kier alpha value is -3.28. The van der Waals surface area contributed by atoms with Crippen molar-refractivity contribution < 1.29 is 14.0 Å². The topological polar surface area (TPSA) is 71.1 Å². The zero-order valence-electron chi connectivity index (χ0n) is 14.2. The molecule has 0 aliphatic rings. The second kappa shape index (κ2) is 7.74. The van der Waals surface area contributed by atoms with E-state index in [0.29, 0.717) is 17.7 Å². The lowest BCUT2D eigenvalue weighted by molar-refractivity contribution is -0.136. The summed E-state index contributed by atoms with van der Waals surface area (Å²) < 4.78 is 13.7. The molecule has 0 aliphatic heterocycles. The van der Waals surface area contributed by atoms with Gasteiger partial charge in [-0.2, -0.15) is 0 Å². The lowest BCUT2D eigenvalue weighted by Crippen LogP contribution is -2.41. The van der Waals surface area contributed by atoms with Crippen molar-refractivity contribution in [2.24, 2.45) is 0 Å². The minimum absolute atomic E-state index is 0.299. The molecule has 1 atom stereocenters. The molecule has 26 heavy (non-hydrogen) atoms. The van der Waals surface area contributed by atoms with Crippen LogP contribution < -0.4 is 10.6 Å². The van der Waals surface area contributed by atoms with Gasteiger partial charge in [0.1, 0.15) is 5.82 Å². The van der Waals surface area contributed by atoms with Crippen molar-refractivity contribution in [2.45, 2.75) is 19.4 Å². The van der Waals surface area contributed by atoms with Crippen LogP contribution in [-0.2, 0) is 16.0 Å². The molecule has 0 aliphatic carbocycles. The Morgan fingerprint density at radius 3 is 2.69 bits per heavy atom. The number of fused-ring (bicyclic) bond motifs is 1. The molecule has 6 heteroatoms. The van der Waals surface area contributed by atoms with Crippen LogP contribution in [0.5, 0.6) is 0 Å². The van der Waals surface area contributed by atoms with Gasteiger partial charge in [0.15, 0.2) is 0 Å². The van der Waals surface area contributed by atoms with Crippen molar-refractivity contribution in [3.63, 3.8) is 0 Å². The smallest absolute Gasteiger partial charge is 0.313 e. The van der Waals surface area contributed by atoms with Gasteiger partial charge in [-0.1, -0.05) is 24.3 Å². The summed E-state index contributed by atoms with van der Waals surface area (Å²) >= 11 is 0. The van der Waals surface area contributed by atoms with E-state index in [-0.39, 0.29) is 11.9 Å². The molecule has 0 unspecified atom stereocenters. The molecule has 0 saturated heterocycles. The molecule has 3 rings (SSSR count). The standard InChI is InChI=1S/C20H18FN3O2/c1-13(11-14-5-2-3-7-17(14)21)23-19(25)20(26)24-16-8-9-18-15(12-16)6-4-10-22-18/h2-10,12-13H,11H2,1H3,(H,23,25)(H,24,26)/t13-/m1/s1. The van der Waals surface area contributed by atoms with Gasteiger partial charge in [-0.15, -0.1) is 0 Å². The first-order chi connectivity index (χ1) is 12.5. The summed E-state index contributed by atoms with van der Waals surface area (Å²) in [6.07, 6.45) is 1.98. The van der Waals surface area contributed by atoms with Crippen LogP contribution in [0.15, 0.2) is 60.8 Å². The van der Waals surface area contributed by atoms with Gasteiger partial charge in [0.25, 0.3) is 0 Å². The third-order valence-corrected chi connectivity index (χ3v) is 3.93. The predicted molar refractivity (Wildman–Crippen MR) is 98.1 cm³/mol. The van der Waals surface area contributed by atoms with E-state index in [9.17, 15) is 14.0 Å². The van der Waals surface area contributed by atoms with Crippen molar-refractivity contribution >= 4 is 28.4 Å². The fourth-order valence-corrected chi connectivity index (χ4v) is 2.68. The van der Waals surface area contributed by atoms with E-state index in [0.717, 1.165) is 10.9 Å². The van der Waals surface area contributed by atoms with E-state index in [1.807, 2.05) is 6.07 Å². The van der Waals surface area contributed by atoms with Crippen LogP contribution in [0.4, 0.5) is 10.1 Å². The Labute approximate surface area is 150 Å². The largest absolute Gasteiger partial charge is 0.345 e. The highest BCUT2D eigenvalue weighted by atomic mass is 19.1. The number of hydrogen-bond acceptors (Lipinski definition) is 3. The molecule has 0 radical (unpaired) electrons. The highest BCUT2D eigenvalue weighted by molar-refractivity contribution is 6.39. The van der Waals surface area contributed by atoms with Gasteiger partial charge in [0.05, 0.1) is 5.52 Å². The van der Waals surface area contributed by atoms with E-state index in [4.69, 9.17) is 0 Å². The average Bonchev–Trinajstić information content (AvgIpc) is 2.63. The third-order valence-electron chi connectivity index (χ3n) is 3.93. The quantitative estimate of drug-likeness (QED) is 0.710. The molecule has 2 aromatic carbocycles. The van der Waals surface area contributed by atoms with Gasteiger partial charge in [0, 0.05) is 23.3 Å². The molecule has 2 amide bonds. The number of nitrogens with zero attached hydrogens (tertiary/aromatic N) is 1. The van der Waals surface area contributed by atoms with Crippen LogP contribution >= 0.6 is 0 Å². The highest BCUT2D eigenvalue weighted by Gasteiger charge is 2.17. The number of carbonyl (C=O) groups is 2. The Bertz CT molecular complexity index is 958. The molecule has 0 bridgehead atoms. The Morgan fingerprint density at radius 1 is 1.08 bits per heavy atom. The molecular weight excluding hydrogens is 333 g/mol. The first kappa shape index (κ1) is 17.5. The van der Waals surface area contributed by atoms with Gasteiger partial charge in [-0.25, -0.2) is 4.39 Å². The van der Waals surface area contributed by atoms with Crippen molar-refractivity contribution in [3.8, 4) is 0 Å². The van der Waals surface area contributed by atoms with E-state index < -0.39 is 11.8 Å².